The second-order valence-corrected chi connectivity index (χ2v) is 4.66. The van der Waals surface area contributed by atoms with Crippen LogP contribution in [-0.2, 0) is 0 Å². The Morgan fingerprint density at radius 1 is 0.917 bits per heavy atom. The zero-order chi connectivity index (χ0) is 16.8. The summed E-state index contributed by atoms with van der Waals surface area (Å²) >= 11 is 0. The zero-order valence-corrected chi connectivity index (χ0v) is 12.8. The van der Waals surface area contributed by atoms with Gasteiger partial charge in [0, 0.05) is 5.69 Å². The molecule has 0 aliphatic heterocycles. The fourth-order valence-corrected chi connectivity index (χ4v) is 1.88. The van der Waals surface area contributed by atoms with Crippen LogP contribution in [0.2, 0.25) is 0 Å². The number of hydrogen-bond acceptors (Lipinski definition) is 7. The maximum Gasteiger partial charge on any atom is 0.330 e. The van der Waals surface area contributed by atoms with Gasteiger partial charge in [-0.1, -0.05) is 18.2 Å². The van der Waals surface area contributed by atoms with Crippen LogP contribution in [0.25, 0.3) is 0 Å². The Morgan fingerprint density at radius 2 is 1.62 bits per heavy atom. The van der Waals surface area contributed by atoms with Crippen LogP contribution in [0.3, 0.4) is 0 Å². The number of para-hydroxylation sites is 1. The van der Waals surface area contributed by atoms with Crippen molar-refractivity contribution in [3.05, 3.63) is 60.2 Å². The first-order chi connectivity index (χ1) is 11.8. The molecule has 3 aromatic rings. The first-order valence-corrected chi connectivity index (χ1v) is 7.07. The van der Waals surface area contributed by atoms with Gasteiger partial charge in [0.2, 0.25) is 5.95 Å². The summed E-state index contributed by atoms with van der Waals surface area (Å²) in [5, 5.41) is 11.9. The van der Waals surface area contributed by atoms with Crippen LogP contribution in [0.5, 0.6) is 17.8 Å². The predicted octanol–water partition coefficient (Wildman–Crippen LogP) is 3.29. The number of ether oxygens (including phenoxy) is 2. The molecule has 0 fully saturated rings. The van der Waals surface area contributed by atoms with E-state index in [9.17, 15) is 0 Å². The lowest BCUT2D eigenvalue weighted by molar-refractivity contribution is 0.360. The molecule has 1 heterocycles. The van der Waals surface area contributed by atoms with Gasteiger partial charge in [0.1, 0.15) is 5.75 Å². The van der Waals surface area contributed by atoms with E-state index in [-0.39, 0.29) is 18.0 Å². The van der Waals surface area contributed by atoms with Gasteiger partial charge in [-0.05, 0) is 36.4 Å². The smallest absolute Gasteiger partial charge is 0.330 e. The molecule has 0 aliphatic rings. The van der Waals surface area contributed by atoms with Gasteiger partial charge in [0.05, 0.1) is 18.7 Å². The summed E-state index contributed by atoms with van der Waals surface area (Å²) in [5.74, 6) is 0.882. The second-order valence-electron chi connectivity index (χ2n) is 4.66. The Kier molecular flexibility index (Phi) is 4.49. The summed E-state index contributed by atoms with van der Waals surface area (Å²) in [6, 6.07) is 18.4. The van der Waals surface area contributed by atoms with Crippen molar-refractivity contribution < 1.29 is 9.47 Å². The van der Waals surface area contributed by atoms with E-state index in [1.807, 2.05) is 18.2 Å². The molecule has 1 N–H and O–H groups in total. The van der Waals surface area contributed by atoms with E-state index in [0.29, 0.717) is 11.3 Å². The van der Waals surface area contributed by atoms with Gasteiger partial charge in [0.25, 0.3) is 0 Å². The molecule has 0 atom stereocenters. The third-order valence-electron chi connectivity index (χ3n) is 3.00. The number of nitrogens with one attached hydrogen (secondary N) is 1. The van der Waals surface area contributed by atoms with Gasteiger partial charge >= 0.3 is 12.0 Å². The van der Waals surface area contributed by atoms with E-state index in [0.717, 1.165) is 5.69 Å². The van der Waals surface area contributed by atoms with Crippen molar-refractivity contribution in [3.63, 3.8) is 0 Å². The molecule has 0 amide bonds. The average molecular weight is 319 g/mol. The second kappa shape index (κ2) is 7.07. The summed E-state index contributed by atoms with van der Waals surface area (Å²) < 4.78 is 10.7. The molecule has 24 heavy (non-hydrogen) atoms. The molecular formula is C17H13N5O2. The summed E-state index contributed by atoms with van der Waals surface area (Å²) in [6.07, 6.45) is 0. The summed E-state index contributed by atoms with van der Waals surface area (Å²) in [4.78, 5) is 12.4. The lowest BCUT2D eigenvalue weighted by atomic mass is 10.2. The highest BCUT2D eigenvalue weighted by atomic mass is 16.5. The Labute approximate surface area is 138 Å². The molecule has 7 nitrogen and oxygen atoms in total. The minimum atomic E-state index is 0.115. The molecule has 1 aromatic heterocycles. The molecule has 0 unspecified atom stereocenters. The number of methoxy groups -OCH3 is 1. The largest absolute Gasteiger partial charge is 0.467 e. The highest BCUT2D eigenvalue weighted by molar-refractivity contribution is 5.55. The van der Waals surface area contributed by atoms with Crippen molar-refractivity contribution in [2.24, 2.45) is 0 Å². The van der Waals surface area contributed by atoms with Crippen LogP contribution in [-0.4, -0.2) is 22.1 Å². The standard InChI is InChI=1S/C17H13N5O2/c1-23-16-20-15(19-13-9-7-12(11-18)8-10-13)21-17(22-16)24-14-5-3-2-4-6-14/h2-10H,1H3,(H,19,20,21,22). The molecule has 0 radical (unpaired) electrons. The minimum absolute atomic E-state index is 0.115. The van der Waals surface area contributed by atoms with E-state index >= 15 is 0 Å². The van der Waals surface area contributed by atoms with E-state index in [4.69, 9.17) is 14.7 Å². The number of benzene rings is 2. The van der Waals surface area contributed by atoms with E-state index in [1.54, 1.807) is 36.4 Å². The zero-order valence-electron chi connectivity index (χ0n) is 12.8. The molecule has 0 bridgehead atoms. The van der Waals surface area contributed by atoms with Crippen molar-refractivity contribution in [1.29, 1.82) is 5.26 Å². The number of nitriles is 1. The van der Waals surface area contributed by atoms with Crippen LogP contribution in [0.15, 0.2) is 54.6 Å². The van der Waals surface area contributed by atoms with Crippen LogP contribution in [0.4, 0.5) is 11.6 Å². The molecule has 0 saturated heterocycles. The molecule has 3 rings (SSSR count). The number of anilines is 2. The third kappa shape index (κ3) is 3.75. The average Bonchev–Trinajstić information content (AvgIpc) is 2.63. The van der Waals surface area contributed by atoms with Crippen molar-refractivity contribution in [2.75, 3.05) is 12.4 Å². The van der Waals surface area contributed by atoms with E-state index in [1.165, 1.54) is 7.11 Å². The van der Waals surface area contributed by atoms with Crippen molar-refractivity contribution in [1.82, 2.24) is 15.0 Å². The minimum Gasteiger partial charge on any atom is -0.467 e. The van der Waals surface area contributed by atoms with Crippen LogP contribution in [0, 0.1) is 11.3 Å². The molecule has 118 valence electrons. The monoisotopic (exact) mass is 319 g/mol. The van der Waals surface area contributed by atoms with E-state index < -0.39 is 0 Å². The maximum absolute atomic E-state index is 8.83. The highest BCUT2D eigenvalue weighted by Crippen LogP contribution is 2.22. The SMILES string of the molecule is COc1nc(Nc2ccc(C#N)cc2)nc(Oc2ccccc2)n1. The van der Waals surface area contributed by atoms with Crippen molar-refractivity contribution in [3.8, 4) is 23.8 Å². The van der Waals surface area contributed by atoms with Gasteiger partial charge in [-0.15, -0.1) is 4.98 Å². The van der Waals surface area contributed by atoms with E-state index in [2.05, 4.69) is 26.3 Å². The van der Waals surface area contributed by atoms with Crippen LogP contribution < -0.4 is 14.8 Å². The van der Waals surface area contributed by atoms with Gasteiger partial charge in [-0.3, -0.25) is 0 Å². The summed E-state index contributed by atoms with van der Waals surface area (Å²) in [5.41, 5.74) is 1.30. The maximum atomic E-state index is 8.83. The fraction of sp³-hybridized carbons (Fsp3) is 0.0588. The molecule has 0 spiro atoms. The third-order valence-corrected chi connectivity index (χ3v) is 3.00. The van der Waals surface area contributed by atoms with Gasteiger partial charge < -0.3 is 14.8 Å². The molecular weight excluding hydrogens is 306 g/mol. The number of aromatic nitrogens is 3. The van der Waals surface area contributed by atoms with Gasteiger partial charge in [-0.2, -0.15) is 15.2 Å². The molecule has 7 heteroatoms. The summed E-state index contributed by atoms with van der Waals surface area (Å²) in [6.45, 7) is 0. The Balaban J connectivity index is 1.84. The topological polar surface area (TPSA) is 93.0 Å². The number of hydrogen-bond donors (Lipinski definition) is 1. The van der Waals surface area contributed by atoms with Crippen molar-refractivity contribution in [2.45, 2.75) is 0 Å². The van der Waals surface area contributed by atoms with Crippen LogP contribution in [0.1, 0.15) is 5.56 Å². The van der Waals surface area contributed by atoms with Gasteiger partial charge in [-0.25, -0.2) is 0 Å². The first kappa shape index (κ1) is 15.2. The normalized spacial score (nSPS) is 9.83. The molecule has 2 aromatic carbocycles. The lowest BCUT2D eigenvalue weighted by Crippen LogP contribution is -2.03. The molecule has 0 saturated carbocycles. The predicted molar refractivity (Wildman–Crippen MR) is 87.3 cm³/mol. The fourth-order valence-electron chi connectivity index (χ4n) is 1.88. The lowest BCUT2D eigenvalue weighted by Gasteiger charge is -2.09. The molecule has 0 aliphatic carbocycles. The quantitative estimate of drug-likeness (QED) is 0.771. The Bertz CT molecular complexity index is 860. The summed E-state index contributed by atoms with van der Waals surface area (Å²) in [7, 11) is 1.47. The number of nitrogens with zero attached hydrogens (tertiary/aromatic N) is 4. The van der Waals surface area contributed by atoms with Crippen LogP contribution >= 0.6 is 0 Å². The van der Waals surface area contributed by atoms with Gasteiger partial charge in [0.15, 0.2) is 0 Å². The first-order valence-electron chi connectivity index (χ1n) is 7.07. The number of rotatable bonds is 5. The Morgan fingerprint density at radius 3 is 2.29 bits per heavy atom. The Hall–Kier alpha value is -3.66. The highest BCUT2D eigenvalue weighted by Gasteiger charge is 2.09. The van der Waals surface area contributed by atoms with Crippen molar-refractivity contribution >= 4 is 11.6 Å².